The van der Waals surface area contributed by atoms with Crippen molar-refractivity contribution < 1.29 is 13.5 Å². The smallest absolute Gasteiger partial charge is 0.245 e. The number of nitrogen functional groups attached to an aromatic ring is 1. The molecule has 0 bridgehead atoms. The van der Waals surface area contributed by atoms with E-state index in [-0.39, 0.29) is 17.4 Å². The fraction of sp³-hybridized carbons (Fsp3) is 0.500. The van der Waals surface area contributed by atoms with Gasteiger partial charge in [0.05, 0.1) is 5.69 Å². The molecular weight excluding hydrogens is 266 g/mol. The van der Waals surface area contributed by atoms with Crippen LogP contribution in [-0.4, -0.2) is 37.5 Å². The summed E-state index contributed by atoms with van der Waals surface area (Å²) in [6, 6.07) is 6.58. The zero-order valence-corrected chi connectivity index (χ0v) is 11.4. The summed E-state index contributed by atoms with van der Waals surface area (Å²) in [6.45, 7) is 0.994. The Bertz CT molecular complexity index is 525. The highest BCUT2D eigenvalue weighted by Crippen LogP contribution is 2.27. The minimum atomic E-state index is -3.53. The largest absolute Gasteiger partial charge is 0.396 e. The van der Waals surface area contributed by atoms with Crippen LogP contribution < -0.4 is 11.3 Å². The second-order valence-electron chi connectivity index (χ2n) is 4.67. The zero-order valence-electron chi connectivity index (χ0n) is 10.6. The Morgan fingerprint density at radius 1 is 1.32 bits per heavy atom. The lowest BCUT2D eigenvalue weighted by molar-refractivity contribution is 0.170. The summed E-state index contributed by atoms with van der Waals surface area (Å²) >= 11 is 0. The molecular formula is C12H19N3O3S. The molecule has 0 amide bonds. The molecule has 7 heteroatoms. The molecule has 0 aromatic heterocycles. The van der Waals surface area contributed by atoms with E-state index in [1.807, 2.05) is 0 Å². The predicted octanol–water partition coefficient (Wildman–Crippen LogP) is 0.365. The first-order valence-corrected chi connectivity index (χ1v) is 7.70. The number of aliphatic hydroxyl groups excluding tert-OH is 1. The second-order valence-corrected chi connectivity index (χ2v) is 6.58. The van der Waals surface area contributed by atoms with Gasteiger partial charge in [0.2, 0.25) is 10.0 Å². The van der Waals surface area contributed by atoms with Crippen molar-refractivity contribution in [3.05, 3.63) is 24.3 Å². The van der Waals surface area contributed by atoms with Crippen LogP contribution in [0.3, 0.4) is 0 Å². The van der Waals surface area contributed by atoms with Gasteiger partial charge in [-0.25, -0.2) is 8.42 Å². The average molecular weight is 285 g/mol. The first-order chi connectivity index (χ1) is 9.09. The van der Waals surface area contributed by atoms with Crippen molar-refractivity contribution in [1.82, 2.24) is 4.31 Å². The lowest BCUT2D eigenvalue weighted by Gasteiger charge is -2.30. The molecule has 19 heavy (non-hydrogen) atoms. The van der Waals surface area contributed by atoms with Crippen LogP contribution in [0.5, 0.6) is 0 Å². The summed E-state index contributed by atoms with van der Waals surface area (Å²) in [4.78, 5) is 0.194. The first-order valence-electron chi connectivity index (χ1n) is 6.26. The normalized spacial score (nSPS) is 18.4. The van der Waals surface area contributed by atoms with Crippen LogP contribution in [0.4, 0.5) is 5.69 Å². The van der Waals surface area contributed by atoms with E-state index in [2.05, 4.69) is 5.43 Å². The Labute approximate surface area is 113 Å². The molecule has 6 nitrogen and oxygen atoms in total. The van der Waals surface area contributed by atoms with Crippen LogP contribution in [0.1, 0.15) is 12.8 Å². The third-order valence-corrected chi connectivity index (χ3v) is 5.45. The maximum atomic E-state index is 12.5. The molecule has 2 rings (SSSR count). The van der Waals surface area contributed by atoms with Gasteiger partial charge in [0, 0.05) is 19.7 Å². The zero-order chi connectivity index (χ0) is 13.9. The number of hydrogen-bond donors (Lipinski definition) is 3. The Hall–Kier alpha value is -1.15. The molecule has 0 unspecified atom stereocenters. The van der Waals surface area contributed by atoms with Gasteiger partial charge in [0.15, 0.2) is 0 Å². The summed E-state index contributed by atoms with van der Waals surface area (Å²) in [5, 5.41) is 9.08. The molecule has 1 aliphatic heterocycles. The fourth-order valence-corrected chi connectivity index (χ4v) is 3.91. The molecule has 4 N–H and O–H groups in total. The lowest BCUT2D eigenvalue weighted by atomic mass is 10.00. The van der Waals surface area contributed by atoms with Crippen LogP contribution in [0, 0.1) is 5.92 Å². The number of nitrogens with one attached hydrogen (secondary N) is 1. The highest BCUT2D eigenvalue weighted by molar-refractivity contribution is 7.89. The van der Waals surface area contributed by atoms with Crippen molar-refractivity contribution in [2.24, 2.45) is 11.8 Å². The number of sulfonamides is 1. The molecule has 1 aliphatic rings. The number of piperidine rings is 1. The van der Waals surface area contributed by atoms with Crippen molar-refractivity contribution >= 4 is 15.7 Å². The number of nitrogens with two attached hydrogens (primary N) is 1. The van der Waals surface area contributed by atoms with E-state index in [0.717, 1.165) is 0 Å². The highest BCUT2D eigenvalue weighted by atomic mass is 32.2. The molecule has 106 valence electrons. The standard InChI is InChI=1S/C12H19N3O3S/c13-14-11-3-1-2-4-12(11)19(17,18)15-7-5-10(9-16)6-8-15/h1-4,10,14,16H,5-9,13H2. The number of benzene rings is 1. The maximum Gasteiger partial charge on any atom is 0.245 e. The summed E-state index contributed by atoms with van der Waals surface area (Å²) in [5.41, 5.74) is 2.81. The van der Waals surface area contributed by atoms with E-state index in [1.54, 1.807) is 24.3 Å². The van der Waals surface area contributed by atoms with Gasteiger partial charge < -0.3 is 10.5 Å². The topological polar surface area (TPSA) is 95.7 Å². The van der Waals surface area contributed by atoms with Crippen LogP contribution >= 0.6 is 0 Å². The van der Waals surface area contributed by atoms with Gasteiger partial charge in [-0.05, 0) is 30.9 Å². The Kier molecular flexibility index (Phi) is 4.41. The molecule has 1 aromatic rings. The van der Waals surface area contributed by atoms with Crippen LogP contribution in [0.15, 0.2) is 29.2 Å². The Balaban J connectivity index is 2.23. The van der Waals surface area contributed by atoms with Crippen molar-refractivity contribution in [2.75, 3.05) is 25.1 Å². The molecule has 0 aliphatic carbocycles. The molecule has 0 radical (unpaired) electrons. The number of anilines is 1. The van der Waals surface area contributed by atoms with Gasteiger partial charge in [0.1, 0.15) is 4.90 Å². The number of rotatable bonds is 4. The van der Waals surface area contributed by atoms with Crippen molar-refractivity contribution in [3.8, 4) is 0 Å². The maximum absolute atomic E-state index is 12.5. The average Bonchev–Trinajstić information content (AvgIpc) is 2.47. The van der Waals surface area contributed by atoms with Gasteiger partial charge in [-0.3, -0.25) is 5.84 Å². The second kappa shape index (κ2) is 5.87. The molecule has 1 fully saturated rings. The van der Waals surface area contributed by atoms with Crippen LogP contribution in [0.25, 0.3) is 0 Å². The molecule has 0 saturated carbocycles. The van der Waals surface area contributed by atoms with Crippen LogP contribution in [0.2, 0.25) is 0 Å². The number of nitrogens with zero attached hydrogens (tertiary/aromatic N) is 1. The minimum Gasteiger partial charge on any atom is -0.396 e. The van der Waals surface area contributed by atoms with E-state index in [0.29, 0.717) is 31.6 Å². The Morgan fingerprint density at radius 3 is 2.53 bits per heavy atom. The summed E-state index contributed by atoms with van der Waals surface area (Å²) in [6.07, 6.45) is 1.38. The molecule has 0 atom stereocenters. The van der Waals surface area contributed by atoms with E-state index in [1.165, 1.54) is 4.31 Å². The number of para-hydroxylation sites is 1. The van der Waals surface area contributed by atoms with Gasteiger partial charge in [0.25, 0.3) is 0 Å². The molecule has 1 saturated heterocycles. The lowest BCUT2D eigenvalue weighted by Crippen LogP contribution is -2.39. The van der Waals surface area contributed by atoms with Crippen molar-refractivity contribution in [1.29, 1.82) is 0 Å². The monoisotopic (exact) mass is 285 g/mol. The number of hydrazine groups is 1. The van der Waals surface area contributed by atoms with Crippen LogP contribution in [-0.2, 0) is 10.0 Å². The Morgan fingerprint density at radius 2 is 1.95 bits per heavy atom. The highest BCUT2D eigenvalue weighted by Gasteiger charge is 2.30. The minimum absolute atomic E-state index is 0.120. The van der Waals surface area contributed by atoms with Gasteiger partial charge >= 0.3 is 0 Å². The fourth-order valence-electron chi connectivity index (χ4n) is 2.28. The first kappa shape index (κ1) is 14.3. The third-order valence-electron chi connectivity index (χ3n) is 3.49. The van der Waals surface area contributed by atoms with E-state index in [4.69, 9.17) is 10.9 Å². The van der Waals surface area contributed by atoms with Crippen molar-refractivity contribution in [2.45, 2.75) is 17.7 Å². The van der Waals surface area contributed by atoms with Gasteiger partial charge in [-0.2, -0.15) is 4.31 Å². The molecule has 1 heterocycles. The molecule has 1 aromatic carbocycles. The molecule has 0 spiro atoms. The summed E-state index contributed by atoms with van der Waals surface area (Å²) in [7, 11) is -3.53. The van der Waals surface area contributed by atoms with E-state index in [9.17, 15) is 8.42 Å². The quantitative estimate of drug-likeness (QED) is 0.548. The number of aliphatic hydroxyl groups is 1. The third kappa shape index (κ3) is 2.89. The van der Waals surface area contributed by atoms with E-state index >= 15 is 0 Å². The van der Waals surface area contributed by atoms with Gasteiger partial charge in [-0.15, -0.1) is 0 Å². The SMILES string of the molecule is NNc1ccccc1S(=O)(=O)N1CCC(CO)CC1. The predicted molar refractivity (Wildman–Crippen MR) is 72.8 cm³/mol. The van der Waals surface area contributed by atoms with E-state index < -0.39 is 10.0 Å². The van der Waals surface area contributed by atoms with Gasteiger partial charge in [-0.1, -0.05) is 12.1 Å². The summed E-state index contributed by atoms with van der Waals surface area (Å²) in [5.74, 6) is 5.56. The number of hydrogen-bond acceptors (Lipinski definition) is 5. The van der Waals surface area contributed by atoms with Crippen molar-refractivity contribution in [3.63, 3.8) is 0 Å². The summed E-state index contributed by atoms with van der Waals surface area (Å²) < 4.78 is 26.5.